The predicted octanol–water partition coefficient (Wildman–Crippen LogP) is 1.93. The first-order valence-electron chi connectivity index (χ1n) is 6.74. The molecule has 104 valence electrons. The Bertz CT molecular complexity index is 305. The lowest BCUT2D eigenvalue weighted by Gasteiger charge is -2.21. The topological polar surface area (TPSA) is 69.6 Å². The van der Waals surface area contributed by atoms with Gasteiger partial charge >= 0.3 is 12.0 Å². The highest BCUT2D eigenvalue weighted by atomic mass is 16.4. The van der Waals surface area contributed by atoms with Crippen LogP contribution in [0.25, 0.3) is 0 Å². The van der Waals surface area contributed by atoms with Crippen LogP contribution in [0.15, 0.2) is 0 Å². The third kappa shape index (κ3) is 3.89. The number of carbonyl (C=O) groups is 2. The largest absolute Gasteiger partial charge is 0.480 e. The van der Waals surface area contributed by atoms with Gasteiger partial charge in [-0.3, -0.25) is 0 Å². The Morgan fingerprint density at radius 2 is 2.11 bits per heavy atom. The van der Waals surface area contributed by atoms with Crippen LogP contribution < -0.4 is 5.32 Å². The van der Waals surface area contributed by atoms with Crippen LogP contribution in [-0.2, 0) is 4.79 Å². The molecule has 0 bridgehead atoms. The molecular formula is C13H24N2O3. The van der Waals surface area contributed by atoms with E-state index in [4.69, 9.17) is 5.11 Å². The molecule has 1 saturated heterocycles. The van der Waals surface area contributed by atoms with E-state index in [1.165, 1.54) is 0 Å². The van der Waals surface area contributed by atoms with Crippen molar-refractivity contribution in [1.29, 1.82) is 0 Å². The van der Waals surface area contributed by atoms with Gasteiger partial charge in [0.2, 0.25) is 0 Å². The fourth-order valence-electron chi connectivity index (χ4n) is 2.30. The number of hydrogen-bond donors (Lipinski definition) is 2. The molecule has 1 aliphatic heterocycles. The van der Waals surface area contributed by atoms with Gasteiger partial charge in [0.1, 0.15) is 6.04 Å². The normalized spacial score (nSPS) is 21.1. The molecule has 0 aromatic rings. The van der Waals surface area contributed by atoms with E-state index in [2.05, 4.69) is 19.2 Å². The molecule has 0 aliphatic carbocycles. The van der Waals surface area contributed by atoms with Gasteiger partial charge in [0.25, 0.3) is 0 Å². The van der Waals surface area contributed by atoms with Crippen molar-refractivity contribution in [2.24, 2.45) is 11.8 Å². The number of likely N-dealkylation sites (tertiary alicyclic amines) is 1. The number of carbonyl (C=O) groups excluding carboxylic acids is 1. The van der Waals surface area contributed by atoms with Gasteiger partial charge in [-0.1, -0.05) is 27.2 Å². The van der Waals surface area contributed by atoms with Gasteiger partial charge in [0.05, 0.1) is 0 Å². The molecule has 0 spiro atoms. The first kappa shape index (κ1) is 14.8. The Kier molecular flexibility index (Phi) is 5.44. The summed E-state index contributed by atoms with van der Waals surface area (Å²) in [5, 5.41) is 11.6. The maximum Gasteiger partial charge on any atom is 0.326 e. The second-order valence-corrected chi connectivity index (χ2v) is 5.37. The van der Waals surface area contributed by atoms with Gasteiger partial charge in [0, 0.05) is 13.1 Å². The molecule has 0 radical (unpaired) electrons. The van der Waals surface area contributed by atoms with E-state index in [0.717, 1.165) is 25.9 Å². The average Bonchev–Trinajstić information content (AvgIpc) is 2.77. The van der Waals surface area contributed by atoms with E-state index in [1.807, 2.05) is 6.92 Å². The Hall–Kier alpha value is -1.26. The van der Waals surface area contributed by atoms with Gasteiger partial charge in [-0.25, -0.2) is 9.59 Å². The summed E-state index contributed by atoms with van der Waals surface area (Å²) in [5.74, 6) is 0.142. The number of rotatable bonds is 5. The zero-order valence-electron chi connectivity index (χ0n) is 11.5. The second kappa shape index (κ2) is 6.61. The van der Waals surface area contributed by atoms with Crippen molar-refractivity contribution >= 4 is 12.0 Å². The minimum absolute atomic E-state index is 0.237. The molecule has 18 heavy (non-hydrogen) atoms. The highest BCUT2D eigenvalue weighted by Gasteiger charge is 2.30. The molecule has 2 amide bonds. The van der Waals surface area contributed by atoms with E-state index in [1.54, 1.807) is 4.90 Å². The van der Waals surface area contributed by atoms with Crippen LogP contribution in [0.4, 0.5) is 4.79 Å². The number of carboxylic acids is 1. The molecule has 0 aromatic heterocycles. The molecule has 5 nitrogen and oxygen atoms in total. The van der Waals surface area contributed by atoms with Crippen molar-refractivity contribution < 1.29 is 14.7 Å². The Morgan fingerprint density at radius 3 is 2.56 bits per heavy atom. The molecule has 0 saturated carbocycles. The summed E-state index contributed by atoms with van der Waals surface area (Å²) in [6, 6.07) is -1.00. The minimum Gasteiger partial charge on any atom is -0.480 e. The lowest BCUT2D eigenvalue weighted by Crippen LogP contribution is -2.47. The van der Waals surface area contributed by atoms with Crippen molar-refractivity contribution in [3.63, 3.8) is 0 Å². The predicted molar refractivity (Wildman–Crippen MR) is 69.4 cm³/mol. The van der Waals surface area contributed by atoms with Crippen molar-refractivity contribution in [3.8, 4) is 0 Å². The van der Waals surface area contributed by atoms with Gasteiger partial charge < -0.3 is 15.3 Å². The van der Waals surface area contributed by atoms with Crippen LogP contribution >= 0.6 is 0 Å². The van der Waals surface area contributed by atoms with Gasteiger partial charge in [-0.05, 0) is 24.7 Å². The number of nitrogens with one attached hydrogen (secondary N) is 1. The van der Waals surface area contributed by atoms with Crippen molar-refractivity contribution in [2.75, 3.05) is 13.1 Å². The van der Waals surface area contributed by atoms with E-state index in [9.17, 15) is 9.59 Å². The summed E-state index contributed by atoms with van der Waals surface area (Å²) < 4.78 is 0. The van der Waals surface area contributed by atoms with E-state index < -0.39 is 12.0 Å². The average molecular weight is 256 g/mol. The molecule has 5 heteroatoms. The number of carboxylic acid groups (broad SMARTS) is 1. The van der Waals surface area contributed by atoms with Gasteiger partial charge in [-0.2, -0.15) is 0 Å². The number of hydrogen-bond acceptors (Lipinski definition) is 2. The number of urea groups is 1. The van der Waals surface area contributed by atoms with E-state index >= 15 is 0 Å². The second-order valence-electron chi connectivity index (χ2n) is 5.37. The van der Waals surface area contributed by atoms with Crippen LogP contribution in [-0.4, -0.2) is 41.1 Å². The van der Waals surface area contributed by atoms with Gasteiger partial charge in [-0.15, -0.1) is 0 Å². The molecule has 2 atom stereocenters. The number of amides is 2. The Labute approximate surface area is 109 Å². The van der Waals surface area contributed by atoms with Gasteiger partial charge in [0.15, 0.2) is 0 Å². The minimum atomic E-state index is -0.954. The lowest BCUT2D eigenvalue weighted by molar-refractivity contribution is -0.139. The maximum atomic E-state index is 12.0. The molecule has 1 rings (SSSR count). The third-order valence-corrected chi connectivity index (χ3v) is 3.63. The number of nitrogens with zero attached hydrogens (tertiary/aromatic N) is 1. The highest BCUT2D eigenvalue weighted by Crippen LogP contribution is 2.23. The zero-order chi connectivity index (χ0) is 13.7. The first-order valence-corrected chi connectivity index (χ1v) is 6.74. The fourth-order valence-corrected chi connectivity index (χ4v) is 2.30. The van der Waals surface area contributed by atoms with Crippen LogP contribution in [0.2, 0.25) is 0 Å². The molecule has 0 aromatic carbocycles. The Morgan fingerprint density at radius 1 is 1.44 bits per heavy atom. The molecule has 1 heterocycles. The standard InChI is InChI=1S/C13H24N2O3/c1-4-5-11(12(16)17)14-13(18)15-7-6-10(8-15)9(2)3/h9-11H,4-8H2,1-3H3,(H,14,18)(H,16,17). The lowest BCUT2D eigenvalue weighted by atomic mass is 9.95. The SMILES string of the molecule is CCCC(NC(=O)N1CCC(C(C)C)C1)C(=O)O. The molecule has 2 unspecified atom stereocenters. The summed E-state index contributed by atoms with van der Waals surface area (Å²) in [4.78, 5) is 24.7. The summed E-state index contributed by atoms with van der Waals surface area (Å²) in [7, 11) is 0. The Balaban J connectivity index is 2.48. The van der Waals surface area contributed by atoms with Crippen molar-refractivity contribution in [2.45, 2.75) is 46.1 Å². The van der Waals surface area contributed by atoms with Crippen LogP contribution in [0.5, 0.6) is 0 Å². The summed E-state index contributed by atoms with van der Waals surface area (Å²) in [6.07, 6.45) is 2.23. The van der Waals surface area contributed by atoms with Crippen molar-refractivity contribution in [3.05, 3.63) is 0 Å². The van der Waals surface area contributed by atoms with Crippen molar-refractivity contribution in [1.82, 2.24) is 10.2 Å². The van der Waals surface area contributed by atoms with E-state index in [-0.39, 0.29) is 6.03 Å². The molecule has 1 aliphatic rings. The molecule has 1 fully saturated rings. The third-order valence-electron chi connectivity index (χ3n) is 3.63. The van der Waals surface area contributed by atoms with E-state index in [0.29, 0.717) is 18.3 Å². The quantitative estimate of drug-likeness (QED) is 0.789. The summed E-state index contributed by atoms with van der Waals surface area (Å²) in [6.45, 7) is 7.69. The fraction of sp³-hybridized carbons (Fsp3) is 0.846. The first-order chi connectivity index (χ1) is 8.45. The van der Waals surface area contributed by atoms with Crippen LogP contribution in [0, 0.1) is 11.8 Å². The number of aliphatic carboxylic acids is 1. The van der Waals surface area contributed by atoms with Crippen LogP contribution in [0.3, 0.4) is 0 Å². The molecule has 2 N–H and O–H groups in total. The highest BCUT2D eigenvalue weighted by molar-refractivity contribution is 5.82. The summed E-state index contributed by atoms with van der Waals surface area (Å²) >= 11 is 0. The van der Waals surface area contributed by atoms with Crippen LogP contribution in [0.1, 0.15) is 40.0 Å². The smallest absolute Gasteiger partial charge is 0.326 e. The zero-order valence-corrected chi connectivity index (χ0v) is 11.5. The maximum absolute atomic E-state index is 12.0. The monoisotopic (exact) mass is 256 g/mol. The molecular weight excluding hydrogens is 232 g/mol. The summed E-state index contributed by atoms with van der Waals surface area (Å²) in [5.41, 5.74) is 0.